The molecule has 2 fully saturated rings. The van der Waals surface area contributed by atoms with Gasteiger partial charge >= 0.3 is 0 Å². The molecule has 0 bridgehead atoms. The van der Waals surface area contributed by atoms with Gasteiger partial charge in [0.05, 0.1) is 0 Å². The monoisotopic (exact) mass is 544 g/mol. The van der Waals surface area contributed by atoms with Gasteiger partial charge in [-0.3, -0.25) is 9.69 Å². The van der Waals surface area contributed by atoms with E-state index in [0.29, 0.717) is 17.9 Å². The molecular formula is C26H39Cl3N4O2. The second kappa shape index (κ2) is 14.4. The molecule has 9 heteroatoms. The number of likely N-dealkylation sites (tertiary alicyclic amines) is 1. The average Bonchev–Trinajstić information content (AvgIpc) is 3.23. The van der Waals surface area contributed by atoms with Crippen LogP contribution in [-0.2, 0) is 17.6 Å². The van der Waals surface area contributed by atoms with E-state index in [1.54, 1.807) is 0 Å². The lowest BCUT2D eigenvalue weighted by Crippen LogP contribution is -2.50. The Bertz CT molecular complexity index is 906. The predicted molar refractivity (Wildman–Crippen MR) is 147 cm³/mol. The maximum atomic E-state index is 13.0. The van der Waals surface area contributed by atoms with Crippen molar-refractivity contribution < 1.29 is 9.21 Å². The number of hydrogen-bond donors (Lipinski definition) is 0. The average molecular weight is 546 g/mol. The Kier molecular flexibility index (Phi) is 12.3. The molecule has 2 aromatic rings. The normalized spacial score (nSPS) is 17.6. The zero-order valence-corrected chi connectivity index (χ0v) is 23.3. The number of hydrogen-bond acceptors (Lipinski definition) is 5. The number of rotatable bonds is 8. The number of halogens is 3. The van der Waals surface area contributed by atoms with Gasteiger partial charge in [-0.25, -0.2) is 4.98 Å². The Morgan fingerprint density at radius 3 is 2.31 bits per heavy atom. The van der Waals surface area contributed by atoms with Crippen molar-refractivity contribution in [2.45, 2.75) is 45.4 Å². The Labute approximate surface area is 227 Å². The highest BCUT2D eigenvalue weighted by molar-refractivity contribution is 6.30. The first-order valence-electron chi connectivity index (χ1n) is 12.4. The van der Waals surface area contributed by atoms with Crippen LogP contribution in [0.25, 0.3) is 11.3 Å². The zero-order chi connectivity index (χ0) is 23.2. The minimum Gasteiger partial charge on any atom is -0.445 e. The number of aryl methyl sites for hydroxylation is 2. The van der Waals surface area contributed by atoms with E-state index in [1.165, 1.54) is 32.5 Å². The topological polar surface area (TPSA) is 52.8 Å². The molecule has 2 saturated heterocycles. The SMILES string of the molecule is CCCc1nc(-c2ccc(Cl)cc2)c(CCC(=O)N2CCN(CC3CCN(C)CC3)CC2)o1.Cl.Cl. The summed E-state index contributed by atoms with van der Waals surface area (Å²) >= 11 is 6.05. The van der Waals surface area contributed by atoms with Gasteiger partial charge in [-0.1, -0.05) is 30.7 Å². The molecule has 2 aliphatic heterocycles. The largest absolute Gasteiger partial charge is 0.445 e. The molecule has 0 unspecified atom stereocenters. The fourth-order valence-electron chi connectivity index (χ4n) is 4.89. The Morgan fingerprint density at radius 2 is 1.69 bits per heavy atom. The summed E-state index contributed by atoms with van der Waals surface area (Å²) < 4.78 is 6.06. The molecule has 2 aliphatic rings. The third-order valence-corrected chi connectivity index (χ3v) is 7.22. The van der Waals surface area contributed by atoms with Crippen molar-refractivity contribution in [1.82, 2.24) is 19.7 Å². The van der Waals surface area contributed by atoms with Gasteiger partial charge in [-0.2, -0.15) is 0 Å². The first kappa shape index (κ1) is 29.9. The molecule has 0 atom stereocenters. The van der Waals surface area contributed by atoms with Gasteiger partial charge in [0.2, 0.25) is 5.91 Å². The van der Waals surface area contributed by atoms with E-state index in [2.05, 4.69) is 23.8 Å². The molecule has 196 valence electrons. The summed E-state index contributed by atoms with van der Waals surface area (Å²) in [7, 11) is 2.21. The Balaban J connectivity index is 0.00000216. The number of benzene rings is 1. The van der Waals surface area contributed by atoms with Crippen molar-refractivity contribution in [2.75, 3.05) is 52.9 Å². The molecule has 0 saturated carbocycles. The second-order valence-electron chi connectivity index (χ2n) is 9.56. The quantitative estimate of drug-likeness (QED) is 0.456. The predicted octanol–water partition coefficient (Wildman–Crippen LogP) is 5.21. The maximum Gasteiger partial charge on any atom is 0.223 e. The number of nitrogens with zero attached hydrogens (tertiary/aromatic N) is 4. The lowest BCUT2D eigenvalue weighted by atomic mass is 9.96. The van der Waals surface area contributed by atoms with Gasteiger partial charge in [-0.05, 0) is 57.5 Å². The molecule has 0 N–H and O–H groups in total. The van der Waals surface area contributed by atoms with Crippen LogP contribution in [0.15, 0.2) is 28.7 Å². The summed E-state index contributed by atoms with van der Waals surface area (Å²) in [5.74, 6) is 2.56. The minimum absolute atomic E-state index is 0. The van der Waals surface area contributed by atoms with Gasteiger partial charge in [0.25, 0.3) is 0 Å². The standard InChI is InChI=1S/C26H37ClN4O2.2ClH/c1-3-4-24-28-26(21-5-7-22(27)8-6-21)23(33-24)9-10-25(32)31-17-15-30(16-18-31)19-20-11-13-29(2)14-12-20;;/h5-8,20H,3-4,9-19H2,1-2H3;2*1H. The minimum atomic E-state index is 0. The molecule has 1 aromatic carbocycles. The Morgan fingerprint density at radius 1 is 1.03 bits per heavy atom. The fourth-order valence-corrected chi connectivity index (χ4v) is 5.02. The van der Waals surface area contributed by atoms with Crippen molar-refractivity contribution in [3.8, 4) is 11.3 Å². The molecule has 4 rings (SSSR count). The van der Waals surface area contributed by atoms with Crippen LogP contribution in [0.3, 0.4) is 0 Å². The van der Waals surface area contributed by atoms with Crippen LogP contribution in [0, 0.1) is 5.92 Å². The molecule has 0 spiro atoms. The first-order chi connectivity index (χ1) is 16.0. The van der Waals surface area contributed by atoms with E-state index >= 15 is 0 Å². The van der Waals surface area contributed by atoms with Crippen molar-refractivity contribution in [3.63, 3.8) is 0 Å². The summed E-state index contributed by atoms with van der Waals surface area (Å²) in [4.78, 5) is 24.7. The number of amides is 1. The molecule has 1 aromatic heterocycles. The van der Waals surface area contributed by atoms with Crippen LogP contribution in [0.1, 0.15) is 44.3 Å². The number of aromatic nitrogens is 1. The summed E-state index contributed by atoms with van der Waals surface area (Å²) in [5.41, 5.74) is 1.82. The van der Waals surface area contributed by atoms with Gasteiger partial charge in [-0.15, -0.1) is 24.8 Å². The highest BCUT2D eigenvalue weighted by atomic mass is 35.5. The van der Waals surface area contributed by atoms with E-state index in [-0.39, 0.29) is 30.7 Å². The second-order valence-corrected chi connectivity index (χ2v) is 10.0. The van der Waals surface area contributed by atoms with E-state index in [9.17, 15) is 4.79 Å². The molecule has 6 nitrogen and oxygen atoms in total. The van der Waals surface area contributed by atoms with Crippen LogP contribution in [0.4, 0.5) is 0 Å². The highest BCUT2D eigenvalue weighted by Gasteiger charge is 2.25. The van der Waals surface area contributed by atoms with Crippen LogP contribution >= 0.6 is 36.4 Å². The smallest absolute Gasteiger partial charge is 0.223 e. The number of carbonyl (C=O) groups excluding carboxylic acids is 1. The van der Waals surface area contributed by atoms with Crippen molar-refractivity contribution in [1.29, 1.82) is 0 Å². The zero-order valence-electron chi connectivity index (χ0n) is 20.9. The van der Waals surface area contributed by atoms with Crippen molar-refractivity contribution in [2.24, 2.45) is 5.92 Å². The lowest BCUT2D eigenvalue weighted by Gasteiger charge is -2.38. The number of piperazine rings is 1. The van der Waals surface area contributed by atoms with Crippen molar-refractivity contribution in [3.05, 3.63) is 40.9 Å². The van der Waals surface area contributed by atoms with E-state index in [1.807, 2.05) is 29.2 Å². The van der Waals surface area contributed by atoms with Gasteiger partial charge in [0, 0.05) is 62.6 Å². The lowest BCUT2D eigenvalue weighted by molar-refractivity contribution is -0.133. The van der Waals surface area contributed by atoms with Crippen molar-refractivity contribution >= 4 is 42.3 Å². The summed E-state index contributed by atoms with van der Waals surface area (Å²) in [6.07, 6.45) is 5.39. The molecule has 3 heterocycles. The first-order valence-corrected chi connectivity index (χ1v) is 12.8. The Hall–Kier alpha value is -1.31. The highest BCUT2D eigenvalue weighted by Crippen LogP contribution is 2.27. The molecule has 1 amide bonds. The molecular weight excluding hydrogens is 507 g/mol. The third-order valence-electron chi connectivity index (χ3n) is 6.97. The molecule has 0 aliphatic carbocycles. The molecule has 35 heavy (non-hydrogen) atoms. The number of oxazole rings is 1. The summed E-state index contributed by atoms with van der Waals surface area (Å²) in [5, 5.41) is 0.697. The van der Waals surface area contributed by atoms with E-state index < -0.39 is 0 Å². The van der Waals surface area contributed by atoms with Crippen LogP contribution in [-0.4, -0.2) is 78.5 Å². The van der Waals surface area contributed by atoms with Crippen LogP contribution < -0.4 is 0 Å². The fraction of sp³-hybridized carbons (Fsp3) is 0.615. The number of piperidine rings is 1. The van der Waals surface area contributed by atoms with Gasteiger partial charge in [0.15, 0.2) is 5.89 Å². The summed E-state index contributed by atoms with van der Waals surface area (Å²) in [6, 6.07) is 7.66. The third kappa shape index (κ3) is 8.36. The summed E-state index contributed by atoms with van der Waals surface area (Å²) in [6.45, 7) is 9.33. The van der Waals surface area contributed by atoms with Gasteiger partial charge < -0.3 is 14.2 Å². The molecule has 0 radical (unpaired) electrons. The van der Waals surface area contributed by atoms with Gasteiger partial charge in [0.1, 0.15) is 11.5 Å². The van der Waals surface area contributed by atoms with Crippen LogP contribution in [0.5, 0.6) is 0 Å². The maximum absolute atomic E-state index is 13.0. The van der Waals surface area contributed by atoms with Crippen LogP contribution in [0.2, 0.25) is 5.02 Å². The number of carbonyl (C=O) groups is 1. The van der Waals surface area contributed by atoms with E-state index in [0.717, 1.165) is 67.8 Å². The van der Waals surface area contributed by atoms with E-state index in [4.69, 9.17) is 21.0 Å².